The number of alkyl halides is 3. The monoisotopic (exact) mass is 463 g/mol. The number of carboxylic acids is 1. The van der Waals surface area contributed by atoms with Crippen LogP contribution in [0.1, 0.15) is 61.8 Å². The van der Waals surface area contributed by atoms with Crippen LogP contribution in [0.15, 0.2) is 18.2 Å². The van der Waals surface area contributed by atoms with Gasteiger partial charge in [0, 0.05) is 29.7 Å². The fourth-order valence-electron chi connectivity index (χ4n) is 6.55. The molecule has 0 amide bonds. The zero-order valence-corrected chi connectivity index (χ0v) is 19.0. The van der Waals surface area contributed by atoms with Crippen molar-refractivity contribution in [1.82, 2.24) is 15.2 Å². The van der Waals surface area contributed by atoms with Crippen LogP contribution in [0.3, 0.4) is 0 Å². The average molecular weight is 464 g/mol. The summed E-state index contributed by atoms with van der Waals surface area (Å²) in [5, 5.41) is 13.8. The summed E-state index contributed by atoms with van der Waals surface area (Å²) in [5.74, 6) is 0.257. The summed E-state index contributed by atoms with van der Waals surface area (Å²) in [6, 6.07) is 4.01. The zero-order chi connectivity index (χ0) is 23.4. The number of carboxylic acid groups (broad SMARTS) is 1. The maximum atomic E-state index is 13.3. The van der Waals surface area contributed by atoms with Gasteiger partial charge in [-0.05, 0) is 93.1 Å². The maximum absolute atomic E-state index is 13.3. The van der Waals surface area contributed by atoms with Gasteiger partial charge in [-0.2, -0.15) is 13.2 Å². The molecule has 0 radical (unpaired) electrons. The van der Waals surface area contributed by atoms with Crippen LogP contribution in [0.2, 0.25) is 0 Å². The molecule has 180 valence electrons. The van der Waals surface area contributed by atoms with Crippen molar-refractivity contribution >= 4 is 16.9 Å². The van der Waals surface area contributed by atoms with Crippen LogP contribution in [0, 0.1) is 11.8 Å². The summed E-state index contributed by atoms with van der Waals surface area (Å²) in [6.07, 6.45) is 0.751. The predicted molar refractivity (Wildman–Crippen MR) is 120 cm³/mol. The Bertz CT molecular complexity index is 1040. The number of piperidine rings is 2. The van der Waals surface area contributed by atoms with Gasteiger partial charge in [-0.15, -0.1) is 0 Å². The number of aromatic nitrogens is 1. The Morgan fingerprint density at radius 1 is 1.30 bits per heavy atom. The molecule has 3 N–H and O–H groups in total. The topological polar surface area (TPSA) is 68.4 Å². The Morgan fingerprint density at radius 2 is 2.12 bits per heavy atom. The summed E-state index contributed by atoms with van der Waals surface area (Å²) in [4.78, 5) is 17.8. The molecule has 8 heteroatoms. The molecule has 0 saturated carbocycles. The van der Waals surface area contributed by atoms with E-state index in [-0.39, 0.29) is 5.92 Å². The molecule has 3 unspecified atom stereocenters. The molecule has 2 saturated heterocycles. The lowest BCUT2D eigenvalue weighted by Crippen LogP contribution is -2.56. The van der Waals surface area contributed by atoms with Crippen LogP contribution < -0.4 is 5.32 Å². The highest BCUT2D eigenvalue weighted by atomic mass is 19.4. The molecule has 2 fully saturated rings. The van der Waals surface area contributed by atoms with Gasteiger partial charge in [-0.1, -0.05) is 6.92 Å². The predicted octanol–water partition coefficient (Wildman–Crippen LogP) is 4.77. The van der Waals surface area contributed by atoms with E-state index in [1.165, 1.54) is 6.07 Å². The van der Waals surface area contributed by atoms with Crippen LogP contribution in [0.5, 0.6) is 0 Å². The van der Waals surface area contributed by atoms with E-state index in [0.29, 0.717) is 30.1 Å². The number of aromatic amines is 1. The number of likely N-dealkylation sites (tertiary alicyclic amines) is 1. The average Bonchev–Trinajstić information content (AvgIpc) is 3.15. The van der Waals surface area contributed by atoms with Crippen LogP contribution in [-0.2, 0) is 17.4 Å². The number of rotatable bonds is 4. The first-order chi connectivity index (χ1) is 15.7. The number of hydrogen-bond acceptors (Lipinski definition) is 3. The maximum Gasteiger partial charge on any atom is 0.416 e. The normalized spacial score (nSPS) is 30.7. The zero-order valence-electron chi connectivity index (χ0n) is 19.0. The van der Waals surface area contributed by atoms with E-state index in [9.17, 15) is 23.1 Å². The fraction of sp³-hybridized carbons (Fsp3) is 0.640. The van der Waals surface area contributed by atoms with Gasteiger partial charge >= 0.3 is 12.1 Å². The molecule has 5 rings (SSSR count). The Labute approximate surface area is 191 Å². The Balaban J connectivity index is 1.35. The van der Waals surface area contributed by atoms with Crippen molar-refractivity contribution in [3.8, 4) is 0 Å². The Hall–Kier alpha value is -2.06. The van der Waals surface area contributed by atoms with E-state index in [1.54, 1.807) is 6.07 Å². The minimum Gasteiger partial charge on any atom is -0.480 e. The van der Waals surface area contributed by atoms with Gasteiger partial charge in [0.05, 0.1) is 5.56 Å². The molecule has 1 aromatic heterocycles. The van der Waals surface area contributed by atoms with Crippen molar-refractivity contribution in [3.63, 3.8) is 0 Å². The lowest BCUT2D eigenvalue weighted by atomic mass is 9.68. The molecule has 4 atom stereocenters. The number of aliphatic carboxylic acids is 1. The molecule has 5 nitrogen and oxygen atoms in total. The van der Waals surface area contributed by atoms with Gasteiger partial charge < -0.3 is 20.3 Å². The summed E-state index contributed by atoms with van der Waals surface area (Å²) >= 11 is 0. The van der Waals surface area contributed by atoms with Crippen molar-refractivity contribution in [2.75, 3.05) is 26.2 Å². The van der Waals surface area contributed by atoms with E-state index in [2.05, 4.69) is 22.1 Å². The van der Waals surface area contributed by atoms with E-state index in [4.69, 9.17) is 0 Å². The molecular weight excluding hydrogens is 431 g/mol. The number of hydrogen-bond donors (Lipinski definition) is 3. The third kappa shape index (κ3) is 4.05. The first-order valence-corrected chi connectivity index (χ1v) is 12.1. The molecule has 1 aromatic carbocycles. The molecule has 3 heterocycles. The van der Waals surface area contributed by atoms with Crippen molar-refractivity contribution in [3.05, 3.63) is 35.0 Å². The number of benzene rings is 1. The van der Waals surface area contributed by atoms with E-state index >= 15 is 0 Å². The highest BCUT2D eigenvalue weighted by Gasteiger charge is 2.43. The molecular formula is C25H32F3N3O2. The molecule has 2 aromatic rings. The number of carbonyl (C=O) groups is 1. The quantitative estimate of drug-likeness (QED) is 0.611. The smallest absolute Gasteiger partial charge is 0.416 e. The van der Waals surface area contributed by atoms with Gasteiger partial charge in [0.25, 0.3) is 0 Å². The number of nitrogens with zero attached hydrogens (tertiary/aromatic N) is 1. The van der Waals surface area contributed by atoms with Gasteiger partial charge in [-0.25, -0.2) is 0 Å². The summed E-state index contributed by atoms with van der Waals surface area (Å²) in [6.45, 7) is 5.43. The highest BCUT2D eigenvalue weighted by Crippen LogP contribution is 2.47. The van der Waals surface area contributed by atoms with Crippen LogP contribution in [0.25, 0.3) is 10.9 Å². The third-order valence-electron chi connectivity index (χ3n) is 8.46. The molecule has 1 aliphatic carbocycles. The molecule has 0 spiro atoms. The van der Waals surface area contributed by atoms with Gasteiger partial charge in [0.15, 0.2) is 0 Å². The second-order valence-electron chi connectivity index (χ2n) is 10.3. The number of nitrogens with one attached hydrogen (secondary N) is 2. The minimum atomic E-state index is -4.35. The van der Waals surface area contributed by atoms with E-state index in [1.807, 2.05) is 0 Å². The second kappa shape index (κ2) is 8.31. The summed E-state index contributed by atoms with van der Waals surface area (Å²) in [7, 11) is 0. The first kappa shape index (κ1) is 22.7. The molecule has 0 bridgehead atoms. The van der Waals surface area contributed by atoms with Gasteiger partial charge in [0.2, 0.25) is 0 Å². The number of fused-ring (bicyclic) bond motifs is 4. The lowest BCUT2D eigenvalue weighted by molar-refractivity contribution is -0.146. The highest BCUT2D eigenvalue weighted by molar-refractivity contribution is 5.86. The van der Waals surface area contributed by atoms with Crippen LogP contribution >= 0.6 is 0 Å². The second-order valence-corrected chi connectivity index (χ2v) is 10.3. The Kier molecular flexibility index (Phi) is 5.72. The summed E-state index contributed by atoms with van der Waals surface area (Å²) in [5.41, 5.74) is 1.47. The van der Waals surface area contributed by atoms with Crippen molar-refractivity contribution < 1.29 is 23.1 Å². The molecule has 3 aliphatic rings. The number of H-pyrrole nitrogens is 1. The first-order valence-electron chi connectivity index (χ1n) is 12.1. The molecule has 2 aliphatic heterocycles. The Morgan fingerprint density at radius 3 is 2.82 bits per heavy atom. The minimum absolute atomic E-state index is 0.153. The van der Waals surface area contributed by atoms with Gasteiger partial charge in [0.1, 0.15) is 5.54 Å². The SMILES string of the molecule is CC1c2c([nH]c3ccc(C(F)(F)F)cc23)CC2CCN(CCC3(C(=O)O)CCCCN3)C[C@@H]21. The fourth-order valence-corrected chi connectivity index (χ4v) is 6.55. The lowest BCUT2D eigenvalue weighted by Gasteiger charge is -2.45. The standard InChI is InChI=1S/C25H32F3N3O2/c1-15-19-14-31(11-8-24(23(32)33)7-2-3-9-29-24)10-6-16(19)12-21-22(15)18-13-17(25(26,27)28)4-5-20(18)30-21/h4-5,13,15-16,19,29-30H,2-3,6-12,14H2,1H3,(H,32,33)/t15?,16?,19-,24?/m1/s1. The van der Waals surface area contributed by atoms with Crippen molar-refractivity contribution in [2.24, 2.45) is 11.8 Å². The number of halogens is 3. The van der Waals surface area contributed by atoms with Crippen molar-refractivity contribution in [2.45, 2.75) is 63.1 Å². The largest absolute Gasteiger partial charge is 0.480 e. The molecule has 33 heavy (non-hydrogen) atoms. The van der Waals surface area contributed by atoms with Crippen molar-refractivity contribution in [1.29, 1.82) is 0 Å². The third-order valence-corrected chi connectivity index (χ3v) is 8.46. The summed E-state index contributed by atoms with van der Waals surface area (Å²) < 4.78 is 40.0. The van der Waals surface area contributed by atoms with E-state index < -0.39 is 23.2 Å². The van der Waals surface area contributed by atoms with Crippen LogP contribution in [0.4, 0.5) is 13.2 Å². The van der Waals surface area contributed by atoms with Crippen LogP contribution in [-0.4, -0.2) is 52.7 Å². The van der Waals surface area contributed by atoms with Gasteiger partial charge in [-0.3, -0.25) is 4.79 Å². The van der Waals surface area contributed by atoms with E-state index in [0.717, 1.165) is 74.7 Å².